The minimum Gasteiger partial charge on any atom is -0.365 e. The van der Waals surface area contributed by atoms with Crippen LogP contribution in [-0.2, 0) is 0 Å². The van der Waals surface area contributed by atoms with Gasteiger partial charge in [-0.25, -0.2) is 9.37 Å². The van der Waals surface area contributed by atoms with Crippen LogP contribution in [0.1, 0.15) is 10.4 Å². The molecule has 2 heterocycles. The molecule has 0 spiro atoms. The number of nitrogens with zero attached hydrogens (tertiary/aromatic N) is 2. The zero-order valence-electron chi connectivity index (χ0n) is 10.8. The van der Waals surface area contributed by atoms with Gasteiger partial charge < -0.3 is 10.3 Å². The highest BCUT2D eigenvalue weighted by molar-refractivity contribution is 5.96. The van der Waals surface area contributed by atoms with E-state index < -0.39 is 11.3 Å². The van der Waals surface area contributed by atoms with E-state index >= 15 is 0 Å². The SMILES string of the molecule is NC(=O)c1cn(-c2ccc(F)cc2)c2ncccc2c1=O. The molecule has 1 amide bonds. The third-order valence-electron chi connectivity index (χ3n) is 3.13. The number of rotatable bonds is 2. The lowest BCUT2D eigenvalue weighted by Gasteiger charge is -2.11. The number of halogens is 1. The third-order valence-corrected chi connectivity index (χ3v) is 3.13. The van der Waals surface area contributed by atoms with Crippen LogP contribution < -0.4 is 11.2 Å². The van der Waals surface area contributed by atoms with Crippen molar-refractivity contribution in [1.82, 2.24) is 9.55 Å². The molecule has 0 saturated carbocycles. The van der Waals surface area contributed by atoms with Crippen LogP contribution in [0.2, 0.25) is 0 Å². The molecule has 0 atom stereocenters. The summed E-state index contributed by atoms with van der Waals surface area (Å²) in [4.78, 5) is 27.8. The summed E-state index contributed by atoms with van der Waals surface area (Å²) < 4.78 is 14.6. The van der Waals surface area contributed by atoms with Crippen molar-refractivity contribution in [1.29, 1.82) is 0 Å². The van der Waals surface area contributed by atoms with Crippen molar-refractivity contribution in [2.45, 2.75) is 0 Å². The van der Waals surface area contributed by atoms with Gasteiger partial charge in [-0.2, -0.15) is 0 Å². The Morgan fingerprint density at radius 2 is 1.90 bits per heavy atom. The second-order valence-electron chi connectivity index (χ2n) is 4.46. The van der Waals surface area contributed by atoms with Crippen LogP contribution in [0.25, 0.3) is 16.7 Å². The molecule has 3 aromatic rings. The first-order chi connectivity index (χ1) is 10.1. The number of aromatic nitrogens is 2. The van der Waals surface area contributed by atoms with Crippen LogP contribution in [0.4, 0.5) is 4.39 Å². The zero-order chi connectivity index (χ0) is 15.0. The normalized spacial score (nSPS) is 10.7. The van der Waals surface area contributed by atoms with E-state index in [4.69, 9.17) is 5.73 Å². The van der Waals surface area contributed by atoms with Crippen molar-refractivity contribution >= 4 is 16.9 Å². The third kappa shape index (κ3) is 2.16. The maximum absolute atomic E-state index is 13.0. The number of hydrogen-bond donors (Lipinski definition) is 1. The number of hydrogen-bond acceptors (Lipinski definition) is 3. The van der Waals surface area contributed by atoms with E-state index in [0.29, 0.717) is 11.3 Å². The van der Waals surface area contributed by atoms with Crippen LogP contribution in [-0.4, -0.2) is 15.5 Å². The largest absolute Gasteiger partial charge is 0.365 e. The Balaban J connectivity index is 2.41. The molecule has 0 aliphatic heterocycles. The summed E-state index contributed by atoms with van der Waals surface area (Å²) in [5.41, 5.74) is 5.58. The molecule has 6 heteroatoms. The van der Waals surface area contributed by atoms with E-state index in [9.17, 15) is 14.0 Å². The molecule has 0 fully saturated rings. The van der Waals surface area contributed by atoms with E-state index in [1.165, 1.54) is 41.2 Å². The quantitative estimate of drug-likeness (QED) is 0.776. The van der Waals surface area contributed by atoms with Gasteiger partial charge in [0.15, 0.2) is 0 Å². The molecule has 21 heavy (non-hydrogen) atoms. The van der Waals surface area contributed by atoms with Gasteiger partial charge in [-0.1, -0.05) is 0 Å². The fraction of sp³-hybridized carbons (Fsp3) is 0. The lowest BCUT2D eigenvalue weighted by Crippen LogP contribution is -2.24. The summed E-state index contributed by atoms with van der Waals surface area (Å²) in [5.74, 6) is -1.20. The number of carbonyl (C=O) groups excluding carboxylic acids is 1. The second-order valence-corrected chi connectivity index (χ2v) is 4.46. The van der Waals surface area contributed by atoms with E-state index in [-0.39, 0.29) is 16.8 Å². The van der Waals surface area contributed by atoms with Gasteiger partial charge in [0.05, 0.1) is 5.39 Å². The van der Waals surface area contributed by atoms with Gasteiger partial charge in [0.1, 0.15) is 17.0 Å². The van der Waals surface area contributed by atoms with Gasteiger partial charge in [-0.05, 0) is 36.4 Å². The van der Waals surface area contributed by atoms with Crippen molar-refractivity contribution in [2.75, 3.05) is 0 Å². The number of pyridine rings is 2. The van der Waals surface area contributed by atoms with E-state index in [1.807, 2.05) is 0 Å². The average molecular weight is 283 g/mol. The summed E-state index contributed by atoms with van der Waals surface area (Å²) in [7, 11) is 0. The molecule has 3 rings (SSSR count). The molecule has 2 N–H and O–H groups in total. The lowest BCUT2D eigenvalue weighted by atomic mass is 10.1. The standard InChI is InChI=1S/C15H10FN3O2/c16-9-3-5-10(6-4-9)19-8-12(14(17)21)13(20)11-2-1-7-18-15(11)19/h1-8H,(H2,17,21). The monoisotopic (exact) mass is 283 g/mol. The number of benzene rings is 1. The lowest BCUT2D eigenvalue weighted by molar-refractivity contribution is 0.0999. The van der Waals surface area contributed by atoms with E-state index in [2.05, 4.69) is 4.98 Å². The molecule has 2 aromatic heterocycles. The van der Waals surface area contributed by atoms with Crippen LogP contribution in [0.5, 0.6) is 0 Å². The molecular formula is C15H10FN3O2. The molecule has 0 radical (unpaired) electrons. The Morgan fingerprint density at radius 3 is 2.57 bits per heavy atom. The Labute approximate surface area is 118 Å². The molecule has 0 saturated heterocycles. The predicted octanol–water partition coefficient (Wildman–Crippen LogP) is 1.62. The van der Waals surface area contributed by atoms with Crippen LogP contribution in [0, 0.1) is 5.82 Å². The van der Waals surface area contributed by atoms with Gasteiger partial charge in [0.25, 0.3) is 5.91 Å². The van der Waals surface area contributed by atoms with E-state index in [0.717, 1.165) is 0 Å². The van der Waals surface area contributed by atoms with Gasteiger partial charge in [-0.15, -0.1) is 0 Å². The smallest absolute Gasteiger partial charge is 0.254 e. The molecule has 104 valence electrons. The van der Waals surface area contributed by atoms with Crippen molar-refractivity contribution in [3.8, 4) is 5.69 Å². The highest BCUT2D eigenvalue weighted by Crippen LogP contribution is 2.16. The van der Waals surface area contributed by atoms with Gasteiger partial charge in [0.2, 0.25) is 5.43 Å². The second kappa shape index (κ2) is 4.82. The van der Waals surface area contributed by atoms with Crippen LogP contribution in [0.3, 0.4) is 0 Å². The minimum absolute atomic E-state index is 0.139. The van der Waals surface area contributed by atoms with Crippen molar-refractivity contribution in [2.24, 2.45) is 5.73 Å². The number of nitrogens with two attached hydrogens (primary N) is 1. The maximum atomic E-state index is 13.0. The first kappa shape index (κ1) is 13.0. The topological polar surface area (TPSA) is 78.0 Å². The Kier molecular flexibility index (Phi) is 2.98. The van der Waals surface area contributed by atoms with Crippen LogP contribution in [0.15, 0.2) is 53.6 Å². The first-order valence-corrected chi connectivity index (χ1v) is 6.14. The maximum Gasteiger partial charge on any atom is 0.254 e. The summed E-state index contributed by atoms with van der Waals surface area (Å²) in [6.45, 7) is 0. The van der Waals surface area contributed by atoms with Crippen molar-refractivity contribution in [3.05, 3.63) is 70.4 Å². The molecule has 5 nitrogen and oxygen atoms in total. The fourth-order valence-electron chi connectivity index (χ4n) is 2.13. The number of amides is 1. The number of primary amides is 1. The molecular weight excluding hydrogens is 273 g/mol. The van der Waals surface area contributed by atoms with Crippen LogP contribution >= 0.6 is 0 Å². The molecule has 0 unspecified atom stereocenters. The van der Waals surface area contributed by atoms with Crippen molar-refractivity contribution < 1.29 is 9.18 Å². The number of carbonyl (C=O) groups is 1. The number of fused-ring (bicyclic) bond motifs is 1. The molecule has 0 aliphatic carbocycles. The average Bonchev–Trinajstić information content (AvgIpc) is 2.49. The summed E-state index contributed by atoms with van der Waals surface area (Å²) in [6, 6.07) is 8.79. The predicted molar refractivity (Wildman–Crippen MR) is 75.8 cm³/mol. The zero-order valence-corrected chi connectivity index (χ0v) is 10.8. The van der Waals surface area contributed by atoms with Gasteiger partial charge >= 0.3 is 0 Å². The summed E-state index contributed by atoms with van der Waals surface area (Å²) >= 11 is 0. The molecule has 0 aliphatic rings. The van der Waals surface area contributed by atoms with Gasteiger partial charge in [-0.3, -0.25) is 9.59 Å². The fourth-order valence-corrected chi connectivity index (χ4v) is 2.13. The molecule has 1 aromatic carbocycles. The van der Waals surface area contributed by atoms with Crippen molar-refractivity contribution in [3.63, 3.8) is 0 Å². The highest BCUT2D eigenvalue weighted by atomic mass is 19.1. The van der Waals surface area contributed by atoms with E-state index in [1.54, 1.807) is 12.1 Å². The summed E-state index contributed by atoms with van der Waals surface area (Å²) in [6.07, 6.45) is 2.86. The first-order valence-electron chi connectivity index (χ1n) is 6.14. The highest BCUT2D eigenvalue weighted by Gasteiger charge is 2.14. The Hall–Kier alpha value is -3.02. The van der Waals surface area contributed by atoms with Gasteiger partial charge in [0, 0.05) is 18.1 Å². The molecule has 0 bridgehead atoms. The minimum atomic E-state index is -0.818. The Bertz CT molecular complexity index is 901. The Morgan fingerprint density at radius 1 is 1.19 bits per heavy atom. The summed E-state index contributed by atoms with van der Waals surface area (Å²) in [5, 5.41) is 0.276.